The smallest absolute Gasteiger partial charge is 0.258 e. The molecule has 134 valence electrons. The first-order valence-corrected chi connectivity index (χ1v) is 8.59. The zero-order valence-corrected chi connectivity index (χ0v) is 14.6. The van der Waals surface area contributed by atoms with E-state index < -0.39 is 5.54 Å². The number of hydrogen-bond acceptors (Lipinski definition) is 6. The van der Waals surface area contributed by atoms with Gasteiger partial charge in [0.25, 0.3) is 5.91 Å². The van der Waals surface area contributed by atoms with Gasteiger partial charge >= 0.3 is 0 Å². The standard InChI is InChI=1S/C18H23N3O4/c1-3-23-14-8-4-5-9-15(14)24-12-16(22)20-18(10-6-7-11-18)17-19-13(2)25-21-17/h4-5,8-9H,3,6-7,10-12H2,1-2H3,(H,20,22). The van der Waals surface area contributed by atoms with E-state index in [-0.39, 0.29) is 12.5 Å². The van der Waals surface area contributed by atoms with Crippen LogP contribution in [0.2, 0.25) is 0 Å². The lowest BCUT2D eigenvalue weighted by molar-refractivity contribution is -0.125. The second-order valence-corrected chi connectivity index (χ2v) is 6.14. The fraction of sp³-hybridized carbons (Fsp3) is 0.500. The van der Waals surface area contributed by atoms with E-state index in [1.807, 2.05) is 25.1 Å². The quantitative estimate of drug-likeness (QED) is 0.830. The highest BCUT2D eigenvalue weighted by molar-refractivity contribution is 5.78. The average molecular weight is 345 g/mol. The van der Waals surface area contributed by atoms with Gasteiger partial charge in [-0.3, -0.25) is 4.79 Å². The van der Waals surface area contributed by atoms with Crippen LogP contribution in [0, 0.1) is 6.92 Å². The summed E-state index contributed by atoms with van der Waals surface area (Å²) >= 11 is 0. The van der Waals surface area contributed by atoms with Gasteiger partial charge in [0.05, 0.1) is 6.61 Å². The molecule has 7 heteroatoms. The SMILES string of the molecule is CCOc1ccccc1OCC(=O)NC1(c2noc(C)n2)CCCC1. The summed E-state index contributed by atoms with van der Waals surface area (Å²) in [6.07, 6.45) is 3.63. The highest BCUT2D eigenvalue weighted by Gasteiger charge is 2.41. The number of rotatable bonds is 7. The summed E-state index contributed by atoms with van der Waals surface area (Å²) in [6.45, 7) is 4.09. The maximum absolute atomic E-state index is 12.5. The minimum Gasteiger partial charge on any atom is -0.490 e. The number of carbonyl (C=O) groups is 1. The lowest BCUT2D eigenvalue weighted by Gasteiger charge is -2.26. The molecule has 1 aliphatic rings. The van der Waals surface area contributed by atoms with Crippen molar-refractivity contribution >= 4 is 5.91 Å². The van der Waals surface area contributed by atoms with Crippen LogP contribution in [0.5, 0.6) is 11.5 Å². The van der Waals surface area contributed by atoms with E-state index in [1.165, 1.54) is 0 Å². The molecule has 1 aromatic heterocycles. The molecule has 0 radical (unpaired) electrons. The molecule has 1 aromatic carbocycles. The Hall–Kier alpha value is -2.57. The normalized spacial score (nSPS) is 15.8. The topological polar surface area (TPSA) is 86.5 Å². The van der Waals surface area contributed by atoms with E-state index in [0.717, 1.165) is 25.7 Å². The van der Waals surface area contributed by atoms with Crippen molar-refractivity contribution in [3.05, 3.63) is 36.0 Å². The molecular weight excluding hydrogens is 322 g/mol. The predicted molar refractivity (Wildman–Crippen MR) is 90.4 cm³/mol. The molecule has 0 spiro atoms. The summed E-state index contributed by atoms with van der Waals surface area (Å²) in [5.74, 6) is 2.01. The molecule has 25 heavy (non-hydrogen) atoms. The predicted octanol–water partition coefficient (Wildman–Crippen LogP) is 2.74. The fourth-order valence-corrected chi connectivity index (χ4v) is 3.17. The number of amides is 1. The molecule has 1 N–H and O–H groups in total. The molecule has 1 saturated carbocycles. The first-order valence-electron chi connectivity index (χ1n) is 8.59. The van der Waals surface area contributed by atoms with Crippen LogP contribution in [0.3, 0.4) is 0 Å². The molecule has 1 fully saturated rings. The maximum atomic E-state index is 12.5. The van der Waals surface area contributed by atoms with Gasteiger partial charge in [-0.15, -0.1) is 0 Å². The van der Waals surface area contributed by atoms with Gasteiger partial charge in [0, 0.05) is 6.92 Å². The summed E-state index contributed by atoms with van der Waals surface area (Å²) in [4.78, 5) is 16.8. The number of carbonyl (C=O) groups excluding carboxylic acids is 1. The lowest BCUT2D eigenvalue weighted by atomic mass is 9.96. The molecular formula is C18H23N3O4. The first-order chi connectivity index (χ1) is 12.1. The van der Waals surface area contributed by atoms with E-state index in [2.05, 4.69) is 15.5 Å². The van der Waals surface area contributed by atoms with Crippen molar-refractivity contribution in [3.63, 3.8) is 0 Å². The van der Waals surface area contributed by atoms with Crippen LogP contribution in [0.15, 0.2) is 28.8 Å². The second kappa shape index (κ2) is 7.55. The van der Waals surface area contributed by atoms with Crippen LogP contribution < -0.4 is 14.8 Å². The third kappa shape index (κ3) is 3.92. The Kier molecular flexibility index (Phi) is 5.21. The van der Waals surface area contributed by atoms with Crippen LogP contribution in [0.4, 0.5) is 0 Å². The van der Waals surface area contributed by atoms with Crippen LogP contribution in [0.25, 0.3) is 0 Å². The Morgan fingerprint density at radius 2 is 1.92 bits per heavy atom. The zero-order valence-electron chi connectivity index (χ0n) is 14.6. The van der Waals surface area contributed by atoms with E-state index >= 15 is 0 Å². The van der Waals surface area contributed by atoms with E-state index in [4.69, 9.17) is 14.0 Å². The van der Waals surface area contributed by atoms with Crippen molar-refractivity contribution in [2.24, 2.45) is 0 Å². The molecule has 1 heterocycles. The number of hydrogen-bond donors (Lipinski definition) is 1. The van der Waals surface area contributed by atoms with Gasteiger partial charge in [0.15, 0.2) is 23.9 Å². The van der Waals surface area contributed by atoms with Crippen molar-refractivity contribution in [2.75, 3.05) is 13.2 Å². The minimum absolute atomic E-state index is 0.0946. The molecule has 0 bridgehead atoms. The molecule has 3 rings (SSSR count). The number of nitrogens with one attached hydrogen (secondary N) is 1. The summed E-state index contributed by atoms with van der Waals surface area (Å²) in [6, 6.07) is 7.31. The third-order valence-corrected chi connectivity index (χ3v) is 4.30. The summed E-state index contributed by atoms with van der Waals surface area (Å²) in [5.41, 5.74) is -0.558. The highest BCUT2D eigenvalue weighted by Crippen LogP contribution is 2.37. The van der Waals surface area contributed by atoms with Gasteiger partial charge in [-0.05, 0) is 31.9 Å². The number of benzene rings is 1. The lowest BCUT2D eigenvalue weighted by Crippen LogP contribution is -2.46. The van der Waals surface area contributed by atoms with E-state index in [1.54, 1.807) is 13.0 Å². The molecule has 0 saturated heterocycles. The molecule has 7 nitrogen and oxygen atoms in total. The van der Waals surface area contributed by atoms with Crippen LogP contribution >= 0.6 is 0 Å². The second-order valence-electron chi connectivity index (χ2n) is 6.14. The Morgan fingerprint density at radius 1 is 1.24 bits per heavy atom. The number of ether oxygens (including phenoxy) is 2. The monoisotopic (exact) mass is 345 g/mol. The Balaban J connectivity index is 1.65. The highest BCUT2D eigenvalue weighted by atomic mass is 16.5. The van der Waals surface area contributed by atoms with Crippen molar-refractivity contribution in [3.8, 4) is 11.5 Å². The van der Waals surface area contributed by atoms with Crippen molar-refractivity contribution in [2.45, 2.75) is 45.1 Å². The van der Waals surface area contributed by atoms with Crippen molar-refractivity contribution < 1.29 is 18.8 Å². The van der Waals surface area contributed by atoms with Crippen molar-refractivity contribution in [1.82, 2.24) is 15.5 Å². The largest absolute Gasteiger partial charge is 0.490 e. The summed E-state index contributed by atoms with van der Waals surface area (Å²) in [5, 5.41) is 7.07. The average Bonchev–Trinajstić information content (AvgIpc) is 3.24. The number of aromatic nitrogens is 2. The van der Waals surface area contributed by atoms with Gasteiger partial charge in [-0.1, -0.05) is 30.1 Å². The van der Waals surface area contributed by atoms with E-state index in [9.17, 15) is 4.79 Å². The Labute approximate surface area is 146 Å². The zero-order chi connectivity index (χ0) is 17.7. The van der Waals surface area contributed by atoms with Gasteiger partial charge < -0.3 is 19.3 Å². The Morgan fingerprint density at radius 3 is 2.52 bits per heavy atom. The van der Waals surface area contributed by atoms with Crippen molar-refractivity contribution in [1.29, 1.82) is 0 Å². The third-order valence-electron chi connectivity index (χ3n) is 4.30. The van der Waals surface area contributed by atoms with Gasteiger partial charge in [-0.25, -0.2) is 0 Å². The molecule has 1 amide bonds. The molecule has 0 atom stereocenters. The van der Waals surface area contributed by atoms with E-state index in [0.29, 0.717) is 29.8 Å². The minimum atomic E-state index is -0.558. The van der Waals surface area contributed by atoms with Gasteiger partial charge in [-0.2, -0.15) is 4.98 Å². The molecule has 2 aromatic rings. The van der Waals surface area contributed by atoms with Gasteiger partial charge in [0.2, 0.25) is 5.89 Å². The number of aryl methyl sites for hydroxylation is 1. The van der Waals surface area contributed by atoms with Crippen LogP contribution in [-0.2, 0) is 10.3 Å². The van der Waals surface area contributed by atoms with Crippen LogP contribution in [0.1, 0.15) is 44.3 Å². The maximum Gasteiger partial charge on any atom is 0.258 e. The van der Waals surface area contributed by atoms with Crippen LogP contribution in [-0.4, -0.2) is 29.3 Å². The first kappa shape index (κ1) is 17.3. The Bertz CT molecular complexity index is 723. The fourth-order valence-electron chi connectivity index (χ4n) is 3.17. The number of para-hydroxylation sites is 2. The molecule has 0 unspecified atom stereocenters. The summed E-state index contributed by atoms with van der Waals surface area (Å²) < 4.78 is 16.2. The molecule has 1 aliphatic carbocycles. The molecule has 0 aliphatic heterocycles. The van der Waals surface area contributed by atoms with Gasteiger partial charge in [0.1, 0.15) is 5.54 Å². The summed E-state index contributed by atoms with van der Waals surface area (Å²) in [7, 11) is 0. The number of nitrogens with zero attached hydrogens (tertiary/aromatic N) is 2.